The van der Waals surface area contributed by atoms with Crippen molar-refractivity contribution >= 4 is 5.91 Å². The van der Waals surface area contributed by atoms with Crippen LogP contribution in [-0.2, 0) is 17.6 Å². The maximum Gasteiger partial charge on any atom is 0.220 e. The summed E-state index contributed by atoms with van der Waals surface area (Å²) in [6.07, 6.45) is 2.15. The van der Waals surface area contributed by atoms with Gasteiger partial charge in [0.15, 0.2) is 0 Å². The van der Waals surface area contributed by atoms with E-state index in [0.717, 1.165) is 29.7 Å². The molecule has 0 fully saturated rings. The van der Waals surface area contributed by atoms with Crippen molar-refractivity contribution in [3.63, 3.8) is 0 Å². The number of nitrogens with one attached hydrogen (secondary N) is 1. The van der Waals surface area contributed by atoms with Crippen molar-refractivity contribution in [1.82, 2.24) is 5.32 Å². The first kappa shape index (κ1) is 16.5. The van der Waals surface area contributed by atoms with E-state index in [2.05, 4.69) is 5.32 Å². The van der Waals surface area contributed by atoms with Gasteiger partial charge in [0.25, 0.3) is 0 Å². The Balaban J connectivity index is 1.49. The molecular formula is C20H23NO3. The lowest BCUT2D eigenvalue weighted by molar-refractivity contribution is -0.122. The van der Waals surface area contributed by atoms with Gasteiger partial charge in [0.05, 0.1) is 19.3 Å². The molecule has 2 unspecified atom stereocenters. The van der Waals surface area contributed by atoms with Gasteiger partial charge in [0.1, 0.15) is 5.75 Å². The van der Waals surface area contributed by atoms with E-state index >= 15 is 0 Å². The van der Waals surface area contributed by atoms with Gasteiger partial charge in [-0.25, -0.2) is 0 Å². The van der Waals surface area contributed by atoms with Crippen LogP contribution in [0.4, 0.5) is 0 Å². The zero-order valence-corrected chi connectivity index (χ0v) is 13.9. The van der Waals surface area contributed by atoms with Gasteiger partial charge in [-0.15, -0.1) is 0 Å². The molecule has 0 aromatic heterocycles. The molecule has 2 aromatic rings. The fourth-order valence-corrected chi connectivity index (χ4v) is 3.24. The van der Waals surface area contributed by atoms with Crippen molar-refractivity contribution in [2.75, 3.05) is 7.11 Å². The summed E-state index contributed by atoms with van der Waals surface area (Å²) < 4.78 is 5.14. The number of fused-ring (bicyclic) bond motifs is 1. The Morgan fingerprint density at radius 3 is 2.71 bits per heavy atom. The number of aryl methyl sites for hydroxylation is 1. The van der Waals surface area contributed by atoms with Gasteiger partial charge in [0, 0.05) is 12.8 Å². The standard InChI is InChI=1S/C20H23NO3/c1-24-16-11-9-14(10-12-16)5-4-8-19(23)21-20-17-7-3-2-6-15(17)13-18(20)22/h2-3,6-7,9-12,18,20,22H,4-5,8,13H2,1H3,(H,21,23). The number of benzene rings is 2. The summed E-state index contributed by atoms with van der Waals surface area (Å²) in [6.45, 7) is 0. The summed E-state index contributed by atoms with van der Waals surface area (Å²) in [4.78, 5) is 12.2. The second-order valence-corrected chi connectivity index (χ2v) is 6.22. The minimum Gasteiger partial charge on any atom is -0.497 e. The van der Waals surface area contributed by atoms with Crippen molar-refractivity contribution in [1.29, 1.82) is 0 Å². The van der Waals surface area contributed by atoms with Crippen LogP contribution in [0.15, 0.2) is 48.5 Å². The predicted octanol–water partition coefficient (Wildman–Crippen LogP) is 2.79. The molecular weight excluding hydrogens is 302 g/mol. The SMILES string of the molecule is COc1ccc(CCCC(=O)NC2c3ccccc3CC2O)cc1. The first-order chi connectivity index (χ1) is 11.7. The lowest BCUT2D eigenvalue weighted by Gasteiger charge is -2.18. The first-order valence-corrected chi connectivity index (χ1v) is 8.35. The van der Waals surface area contributed by atoms with Crippen LogP contribution < -0.4 is 10.1 Å². The first-order valence-electron chi connectivity index (χ1n) is 8.35. The van der Waals surface area contributed by atoms with Gasteiger partial charge in [-0.05, 0) is 41.7 Å². The molecule has 0 bridgehead atoms. The van der Waals surface area contributed by atoms with Crippen LogP contribution in [0.25, 0.3) is 0 Å². The second kappa shape index (κ2) is 7.49. The Kier molecular flexibility index (Phi) is 5.16. The number of carbonyl (C=O) groups excluding carboxylic acids is 1. The Bertz CT molecular complexity index is 696. The summed E-state index contributed by atoms with van der Waals surface area (Å²) in [5.41, 5.74) is 3.34. The molecule has 0 saturated carbocycles. The van der Waals surface area contributed by atoms with E-state index in [-0.39, 0.29) is 11.9 Å². The molecule has 24 heavy (non-hydrogen) atoms. The van der Waals surface area contributed by atoms with Gasteiger partial charge >= 0.3 is 0 Å². The Hall–Kier alpha value is -2.33. The van der Waals surface area contributed by atoms with Crippen molar-refractivity contribution < 1.29 is 14.6 Å². The van der Waals surface area contributed by atoms with Crippen LogP contribution in [0.1, 0.15) is 35.6 Å². The minimum absolute atomic E-state index is 0.00994. The third-order valence-electron chi connectivity index (χ3n) is 4.55. The maximum absolute atomic E-state index is 12.2. The van der Waals surface area contributed by atoms with Gasteiger partial charge < -0.3 is 15.2 Å². The van der Waals surface area contributed by atoms with E-state index in [4.69, 9.17) is 4.74 Å². The average Bonchev–Trinajstić information content (AvgIpc) is 2.91. The topological polar surface area (TPSA) is 58.6 Å². The van der Waals surface area contributed by atoms with Gasteiger partial charge in [0.2, 0.25) is 5.91 Å². The highest BCUT2D eigenvalue weighted by molar-refractivity contribution is 5.76. The van der Waals surface area contributed by atoms with Crippen LogP contribution in [0.2, 0.25) is 0 Å². The van der Waals surface area contributed by atoms with Crippen LogP contribution in [0, 0.1) is 0 Å². The molecule has 2 N–H and O–H groups in total. The number of amides is 1. The van der Waals surface area contributed by atoms with E-state index in [9.17, 15) is 9.90 Å². The monoisotopic (exact) mass is 325 g/mol. The highest BCUT2D eigenvalue weighted by Crippen LogP contribution is 2.31. The summed E-state index contributed by atoms with van der Waals surface area (Å²) >= 11 is 0. The zero-order chi connectivity index (χ0) is 16.9. The molecule has 0 aliphatic heterocycles. The van der Waals surface area contributed by atoms with Crippen LogP contribution in [0.3, 0.4) is 0 Å². The quantitative estimate of drug-likeness (QED) is 0.858. The molecule has 2 atom stereocenters. The number of hydrogen-bond acceptors (Lipinski definition) is 3. The molecule has 4 nitrogen and oxygen atoms in total. The third-order valence-corrected chi connectivity index (χ3v) is 4.55. The number of carbonyl (C=O) groups is 1. The molecule has 2 aromatic carbocycles. The van der Waals surface area contributed by atoms with Crippen LogP contribution >= 0.6 is 0 Å². The van der Waals surface area contributed by atoms with Crippen LogP contribution in [0.5, 0.6) is 5.75 Å². The van der Waals surface area contributed by atoms with Crippen LogP contribution in [-0.4, -0.2) is 24.2 Å². The molecule has 0 saturated heterocycles. The third kappa shape index (κ3) is 3.77. The Morgan fingerprint density at radius 1 is 1.21 bits per heavy atom. The number of methoxy groups -OCH3 is 1. The van der Waals surface area contributed by atoms with Gasteiger partial charge in [-0.2, -0.15) is 0 Å². The van der Waals surface area contributed by atoms with Crippen molar-refractivity contribution in [2.24, 2.45) is 0 Å². The molecule has 0 heterocycles. The molecule has 0 spiro atoms. The normalized spacial score (nSPS) is 18.9. The Morgan fingerprint density at radius 2 is 1.96 bits per heavy atom. The van der Waals surface area contributed by atoms with E-state index < -0.39 is 6.10 Å². The summed E-state index contributed by atoms with van der Waals surface area (Å²) in [5.74, 6) is 0.828. The summed E-state index contributed by atoms with van der Waals surface area (Å²) in [5, 5.41) is 13.2. The fourth-order valence-electron chi connectivity index (χ4n) is 3.24. The number of hydrogen-bond donors (Lipinski definition) is 2. The van der Waals surface area contributed by atoms with E-state index in [1.54, 1.807) is 7.11 Å². The smallest absolute Gasteiger partial charge is 0.220 e. The molecule has 126 valence electrons. The lowest BCUT2D eigenvalue weighted by Crippen LogP contribution is -2.33. The fraction of sp³-hybridized carbons (Fsp3) is 0.350. The average molecular weight is 325 g/mol. The minimum atomic E-state index is -0.534. The predicted molar refractivity (Wildman–Crippen MR) is 93.0 cm³/mol. The number of rotatable bonds is 6. The lowest BCUT2D eigenvalue weighted by atomic mass is 10.1. The second-order valence-electron chi connectivity index (χ2n) is 6.22. The largest absolute Gasteiger partial charge is 0.497 e. The Labute approximate surface area is 142 Å². The van der Waals surface area contributed by atoms with Gasteiger partial charge in [-0.1, -0.05) is 36.4 Å². The molecule has 0 radical (unpaired) electrons. The number of aliphatic hydroxyl groups is 1. The van der Waals surface area contributed by atoms with Gasteiger partial charge in [-0.3, -0.25) is 4.79 Å². The van der Waals surface area contributed by atoms with E-state index in [1.807, 2.05) is 48.5 Å². The molecule has 4 heteroatoms. The molecule has 1 aliphatic carbocycles. The van der Waals surface area contributed by atoms with Crippen molar-refractivity contribution in [3.8, 4) is 5.75 Å². The molecule has 1 aliphatic rings. The highest BCUT2D eigenvalue weighted by Gasteiger charge is 2.31. The molecule has 3 rings (SSSR count). The van der Waals surface area contributed by atoms with E-state index in [0.29, 0.717) is 12.8 Å². The number of ether oxygens (including phenoxy) is 1. The van der Waals surface area contributed by atoms with Crippen molar-refractivity contribution in [3.05, 3.63) is 65.2 Å². The summed E-state index contributed by atoms with van der Waals surface area (Å²) in [7, 11) is 1.65. The number of aliphatic hydroxyl groups excluding tert-OH is 1. The molecule has 1 amide bonds. The zero-order valence-electron chi connectivity index (χ0n) is 13.9. The van der Waals surface area contributed by atoms with Crippen molar-refractivity contribution in [2.45, 2.75) is 37.8 Å². The maximum atomic E-state index is 12.2. The van der Waals surface area contributed by atoms with E-state index in [1.165, 1.54) is 5.56 Å². The summed E-state index contributed by atoms with van der Waals surface area (Å²) in [6, 6.07) is 15.5. The highest BCUT2D eigenvalue weighted by atomic mass is 16.5.